The van der Waals surface area contributed by atoms with Gasteiger partial charge in [-0.3, -0.25) is 9.59 Å². The number of ether oxygens (including phenoxy) is 1. The first-order chi connectivity index (χ1) is 12.0. The van der Waals surface area contributed by atoms with Gasteiger partial charge in [-0.2, -0.15) is 10.1 Å². The maximum absolute atomic E-state index is 12.6. The van der Waals surface area contributed by atoms with Gasteiger partial charge in [0, 0.05) is 57.8 Å². The molecule has 0 radical (unpaired) electrons. The number of anilines is 1. The number of hydrogen-bond donors (Lipinski definition) is 0. The van der Waals surface area contributed by atoms with Crippen molar-refractivity contribution >= 4 is 23.5 Å². The number of aromatic nitrogens is 2. The van der Waals surface area contributed by atoms with Crippen LogP contribution in [-0.2, 0) is 9.59 Å². The molecule has 0 N–H and O–H groups in total. The number of aryl methyl sites for hydroxylation is 1. The minimum atomic E-state index is -0.0956. The smallest absolute Gasteiger partial charge is 0.270 e. The largest absolute Gasteiger partial charge is 0.481 e. The molecule has 134 valence electrons. The molecule has 2 amide bonds. The van der Waals surface area contributed by atoms with Gasteiger partial charge in [0.2, 0.25) is 17.7 Å². The average Bonchev–Trinajstić information content (AvgIpc) is 2.63. The maximum Gasteiger partial charge on any atom is 0.270 e. The molecule has 0 bridgehead atoms. The number of nitrogens with zero attached hydrogens (tertiary/aromatic N) is 6. The van der Waals surface area contributed by atoms with E-state index in [1.54, 1.807) is 25.1 Å². The Bertz CT molecular complexity index is 712. The molecule has 9 heteroatoms. The normalized spacial score (nSPS) is 18.3. The van der Waals surface area contributed by atoms with Crippen molar-refractivity contribution < 1.29 is 14.3 Å². The van der Waals surface area contributed by atoms with Crippen molar-refractivity contribution in [3.63, 3.8) is 0 Å². The second kappa shape index (κ2) is 7.04. The summed E-state index contributed by atoms with van der Waals surface area (Å²) >= 11 is 0. The number of piperazine rings is 1. The van der Waals surface area contributed by atoms with Crippen molar-refractivity contribution in [1.82, 2.24) is 19.9 Å². The van der Waals surface area contributed by atoms with Gasteiger partial charge >= 0.3 is 0 Å². The van der Waals surface area contributed by atoms with E-state index in [4.69, 9.17) is 4.74 Å². The van der Waals surface area contributed by atoms with E-state index < -0.39 is 0 Å². The SMILES string of the molecule is COc1cc(C)nc(N2CCN(C(=O)C3=NN(C)C(=O)CC3)CC2)n1. The minimum absolute atomic E-state index is 0.0630. The molecule has 0 unspecified atom stereocenters. The molecule has 0 spiro atoms. The van der Waals surface area contributed by atoms with Crippen LogP contribution < -0.4 is 9.64 Å². The van der Waals surface area contributed by atoms with E-state index in [1.165, 1.54) is 5.01 Å². The molecule has 0 atom stereocenters. The van der Waals surface area contributed by atoms with Gasteiger partial charge in [-0.25, -0.2) is 9.99 Å². The summed E-state index contributed by atoms with van der Waals surface area (Å²) in [6, 6.07) is 1.78. The summed E-state index contributed by atoms with van der Waals surface area (Å²) in [7, 11) is 3.16. The number of rotatable bonds is 3. The van der Waals surface area contributed by atoms with E-state index in [1.807, 2.05) is 11.8 Å². The Morgan fingerprint density at radius 2 is 1.88 bits per heavy atom. The quantitative estimate of drug-likeness (QED) is 0.768. The Morgan fingerprint density at radius 1 is 1.16 bits per heavy atom. The summed E-state index contributed by atoms with van der Waals surface area (Å²) in [6.45, 7) is 4.30. The van der Waals surface area contributed by atoms with Gasteiger partial charge in [0.1, 0.15) is 5.71 Å². The number of carbonyl (C=O) groups is 2. The van der Waals surface area contributed by atoms with Crippen LogP contribution in [0.25, 0.3) is 0 Å². The molecule has 2 aliphatic heterocycles. The third kappa shape index (κ3) is 3.70. The van der Waals surface area contributed by atoms with Crippen LogP contribution in [0.3, 0.4) is 0 Å². The average molecular weight is 346 g/mol. The summed E-state index contributed by atoms with van der Waals surface area (Å²) in [4.78, 5) is 36.7. The Morgan fingerprint density at radius 3 is 2.52 bits per heavy atom. The highest BCUT2D eigenvalue weighted by Gasteiger charge is 2.29. The summed E-state index contributed by atoms with van der Waals surface area (Å²) in [5.74, 6) is 0.989. The summed E-state index contributed by atoms with van der Waals surface area (Å²) in [5, 5.41) is 5.35. The van der Waals surface area contributed by atoms with E-state index in [2.05, 4.69) is 15.1 Å². The van der Waals surface area contributed by atoms with Gasteiger partial charge in [0.15, 0.2) is 0 Å². The van der Waals surface area contributed by atoms with Crippen LogP contribution in [0, 0.1) is 6.92 Å². The topological polar surface area (TPSA) is 91.2 Å². The van der Waals surface area contributed by atoms with Crippen molar-refractivity contribution in [2.75, 3.05) is 45.2 Å². The van der Waals surface area contributed by atoms with Gasteiger partial charge in [-0.15, -0.1) is 0 Å². The Kier molecular flexibility index (Phi) is 4.82. The van der Waals surface area contributed by atoms with Crippen molar-refractivity contribution in [2.24, 2.45) is 5.10 Å². The summed E-state index contributed by atoms with van der Waals surface area (Å²) < 4.78 is 5.19. The summed E-state index contributed by atoms with van der Waals surface area (Å²) in [5.41, 5.74) is 1.29. The molecular formula is C16H22N6O3. The number of hydrazone groups is 1. The van der Waals surface area contributed by atoms with Crippen LogP contribution in [0.4, 0.5) is 5.95 Å². The highest BCUT2D eigenvalue weighted by Crippen LogP contribution is 2.17. The molecule has 3 rings (SSSR count). The molecule has 9 nitrogen and oxygen atoms in total. The van der Waals surface area contributed by atoms with Crippen molar-refractivity contribution in [2.45, 2.75) is 19.8 Å². The first-order valence-corrected chi connectivity index (χ1v) is 8.26. The van der Waals surface area contributed by atoms with Crippen molar-refractivity contribution in [3.05, 3.63) is 11.8 Å². The fourth-order valence-electron chi connectivity index (χ4n) is 2.89. The van der Waals surface area contributed by atoms with Gasteiger partial charge in [-0.05, 0) is 6.92 Å². The summed E-state index contributed by atoms with van der Waals surface area (Å²) in [6.07, 6.45) is 0.735. The third-order valence-electron chi connectivity index (χ3n) is 4.33. The van der Waals surface area contributed by atoms with Crippen LogP contribution in [0.2, 0.25) is 0 Å². The lowest BCUT2D eigenvalue weighted by Crippen LogP contribution is -2.51. The van der Waals surface area contributed by atoms with Crippen LogP contribution in [0.15, 0.2) is 11.2 Å². The van der Waals surface area contributed by atoms with E-state index in [0.717, 1.165) is 5.69 Å². The molecule has 25 heavy (non-hydrogen) atoms. The molecular weight excluding hydrogens is 324 g/mol. The zero-order valence-electron chi connectivity index (χ0n) is 14.7. The molecule has 3 heterocycles. The zero-order chi connectivity index (χ0) is 18.0. The van der Waals surface area contributed by atoms with Gasteiger partial charge in [-0.1, -0.05) is 0 Å². The molecule has 0 aliphatic carbocycles. The Balaban J connectivity index is 1.64. The van der Waals surface area contributed by atoms with E-state index in [9.17, 15) is 9.59 Å². The standard InChI is InChI=1S/C16H22N6O3/c1-11-10-13(25-3)18-16(17-11)22-8-6-21(7-9-22)15(24)12-4-5-14(23)20(2)19-12/h10H,4-9H2,1-3H3. The van der Waals surface area contributed by atoms with Crippen LogP contribution in [0.5, 0.6) is 5.88 Å². The predicted octanol–water partition coefficient (Wildman–Crippen LogP) is 0.0504. The van der Waals surface area contributed by atoms with Gasteiger partial charge < -0.3 is 14.5 Å². The molecule has 1 fully saturated rings. The van der Waals surface area contributed by atoms with E-state index >= 15 is 0 Å². The second-order valence-electron chi connectivity index (χ2n) is 6.09. The van der Waals surface area contributed by atoms with Gasteiger partial charge in [0.05, 0.1) is 7.11 Å². The first kappa shape index (κ1) is 17.1. The molecule has 2 aliphatic rings. The fourth-order valence-corrected chi connectivity index (χ4v) is 2.89. The lowest BCUT2D eigenvalue weighted by molar-refractivity contribution is -0.130. The second-order valence-corrected chi connectivity index (χ2v) is 6.09. The number of amides is 2. The lowest BCUT2D eigenvalue weighted by Gasteiger charge is -2.35. The number of carbonyl (C=O) groups excluding carboxylic acids is 2. The third-order valence-corrected chi connectivity index (χ3v) is 4.33. The highest BCUT2D eigenvalue weighted by atomic mass is 16.5. The minimum Gasteiger partial charge on any atom is -0.481 e. The Hall–Kier alpha value is -2.71. The Labute approximate surface area is 146 Å². The van der Waals surface area contributed by atoms with E-state index in [-0.39, 0.29) is 11.8 Å². The van der Waals surface area contributed by atoms with E-state index in [0.29, 0.717) is 56.6 Å². The molecule has 0 saturated carbocycles. The number of methoxy groups -OCH3 is 1. The predicted molar refractivity (Wildman–Crippen MR) is 91.6 cm³/mol. The monoisotopic (exact) mass is 346 g/mol. The van der Waals surface area contributed by atoms with Crippen LogP contribution in [-0.4, -0.2) is 77.7 Å². The molecule has 1 aromatic heterocycles. The first-order valence-electron chi connectivity index (χ1n) is 8.26. The van der Waals surface area contributed by atoms with Crippen LogP contribution in [0.1, 0.15) is 18.5 Å². The van der Waals surface area contributed by atoms with Crippen molar-refractivity contribution in [3.8, 4) is 5.88 Å². The number of hydrogen-bond acceptors (Lipinski definition) is 7. The zero-order valence-corrected chi connectivity index (χ0v) is 14.7. The maximum atomic E-state index is 12.6. The molecule has 1 saturated heterocycles. The van der Waals surface area contributed by atoms with Gasteiger partial charge in [0.25, 0.3) is 5.91 Å². The fraction of sp³-hybridized carbons (Fsp3) is 0.562. The molecule has 0 aromatic carbocycles. The van der Waals surface area contributed by atoms with Crippen LogP contribution >= 0.6 is 0 Å². The highest BCUT2D eigenvalue weighted by molar-refractivity contribution is 6.39. The lowest BCUT2D eigenvalue weighted by atomic mass is 10.1. The van der Waals surface area contributed by atoms with Crippen molar-refractivity contribution in [1.29, 1.82) is 0 Å². The molecule has 1 aromatic rings.